The Labute approximate surface area is 77.6 Å². The van der Waals surface area contributed by atoms with Crippen molar-refractivity contribution in [2.75, 3.05) is 0 Å². The van der Waals surface area contributed by atoms with Crippen LogP contribution in [0, 0.1) is 5.41 Å². The molecule has 0 saturated heterocycles. The van der Waals surface area contributed by atoms with Gasteiger partial charge in [-0.2, -0.15) is 13.2 Å². The van der Waals surface area contributed by atoms with Gasteiger partial charge in [0.15, 0.2) is 0 Å². The van der Waals surface area contributed by atoms with Crippen LogP contribution in [0.5, 0.6) is 0 Å². The summed E-state index contributed by atoms with van der Waals surface area (Å²) in [5.41, 5.74) is -0.730. The maximum absolute atomic E-state index is 12.1. The van der Waals surface area contributed by atoms with Crippen LogP contribution in [0.3, 0.4) is 0 Å². The molecule has 0 saturated carbocycles. The molecule has 13 heavy (non-hydrogen) atoms. The molecule has 0 aliphatic carbocycles. The van der Waals surface area contributed by atoms with Crippen molar-refractivity contribution in [1.82, 2.24) is 0 Å². The lowest BCUT2D eigenvalue weighted by Gasteiger charge is -2.06. The molecule has 0 aliphatic heterocycles. The van der Waals surface area contributed by atoms with E-state index in [9.17, 15) is 13.2 Å². The average Bonchev–Trinajstić information content (AvgIpc) is 2.03. The molecule has 0 heterocycles. The number of rotatable bonds is 1. The van der Waals surface area contributed by atoms with Gasteiger partial charge in [-0.25, -0.2) is 0 Å². The molecule has 0 radical (unpaired) electrons. The molecule has 1 nitrogen and oxygen atoms in total. The predicted molar refractivity (Wildman–Crippen MR) is 44.1 cm³/mol. The number of halogens is 4. The summed E-state index contributed by atoms with van der Waals surface area (Å²) < 4.78 is 36.4. The van der Waals surface area contributed by atoms with Crippen LogP contribution in [0.1, 0.15) is 11.1 Å². The Morgan fingerprint density at radius 3 is 2.38 bits per heavy atom. The lowest BCUT2D eigenvalue weighted by atomic mass is 10.1. The SMILES string of the molecule is N=C(Cl)c1cccc(C(F)(F)F)c1. The highest BCUT2D eigenvalue weighted by atomic mass is 35.5. The number of benzene rings is 1. The smallest absolute Gasteiger partial charge is 0.289 e. The fraction of sp³-hybridized carbons (Fsp3) is 0.125. The van der Waals surface area contributed by atoms with E-state index in [-0.39, 0.29) is 5.56 Å². The van der Waals surface area contributed by atoms with Crippen LogP contribution < -0.4 is 0 Å². The Morgan fingerprint density at radius 2 is 1.92 bits per heavy atom. The Bertz CT molecular complexity index is 332. The van der Waals surface area contributed by atoms with E-state index in [1.54, 1.807) is 0 Å². The summed E-state index contributed by atoms with van der Waals surface area (Å²) in [4.78, 5) is 0. The van der Waals surface area contributed by atoms with E-state index in [4.69, 9.17) is 17.0 Å². The molecule has 1 N–H and O–H groups in total. The van der Waals surface area contributed by atoms with Crippen LogP contribution in [0.4, 0.5) is 13.2 Å². The Kier molecular flexibility index (Phi) is 2.61. The monoisotopic (exact) mass is 207 g/mol. The zero-order valence-corrected chi connectivity index (χ0v) is 7.08. The van der Waals surface area contributed by atoms with Crippen molar-refractivity contribution in [3.63, 3.8) is 0 Å². The van der Waals surface area contributed by atoms with Gasteiger partial charge in [0.05, 0.1) is 5.56 Å². The molecule has 1 aromatic rings. The summed E-state index contributed by atoms with van der Waals surface area (Å²) >= 11 is 5.24. The first-order chi connectivity index (χ1) is 5.91. The predicted octanol–water partition coefficient (Wildman–Crippen LogP) is 3.27. The number of nitrogens with one attached hydrogen (secondary N) is 1. The van der Waals surface area contributed by atoms with Crippen molar-refractivity contribution in [1.29, 1.82) is 5.41 Å². The van der Waals surface area contributed by atoms with Gasteiger partial charge in [-0.05, 0) is 12.1 Å². The summed E-state index contributed by atoms with van der Waals surface area (Å²) in [6.45, 7) is 0. The Hall–Kier alpha value is -1.03. The van der Waals surface area contributed by atoms with Crippen LogP contribution in [-0.4, -0.2) is 5.17 Å². The fourth-order valence-electron chi connectivity index (χ4n) is 0.832. The molecule has 0 spiro atoms. The first-order valence-corrected chi connectivity index (χ1v) is 3.71. The average molecular weight is 208 g/mol. The van der Waals surface area contributed by atoms with Crippen molar-refractivity contribution >= 4 is 16.8 Å². The van der Waals surface area contributed by atoms with Gasteiger partial charge in [0, 0.05) is 5.56 Å². The van der Waals surface area contributed by atoms with Crippen LogP contribution >= 0.6 is 11.6 Å². The molecule has 0 aromatic heterocycles. The molecular weight excluding hydrogens is 203 g/mol. The highest BCUT2D eigenvalue weighted by Crippen LogP contribution is 2.29. The van der Waals surface area contributed by atoms with E-state index < -0.39 is 16.9 Å². The van der Waals surface area contributed by atoms with E-state index in [1.165, 1.54) is 12.1 Å². The molecule has 0 aliphatic rings. The van der Waals surface area contributed by atoms with Crippen LogP contribution in [0.25, 0.3) is 0 Å². The molecule has 0 bridgehead atoms. The zero-order chi connectivity index (χ0) is 10.1. The first-order valence-electron chi connectivity index (χ1n) is 3.33. The third-order valence-corrected chi connectivity index (χ3v) is 1.66. The summed E-state index contributed by atoms with van der Waals surface area (Å²) in [7, 11) is 0. The first kappa shape index (κ1) is 10.1. The molecule has 70 valence electrons. The molecular formula is C8H5ClF3N. The minimum Gasteiger partial charge on any atom is -0.289 e. The van der Waals surface area contributed by atoms with Gasteiger partial charge in [-0.3, -0.25) is 5.41 Å². The molecule has 0 unspecified atom stereocenters. The van der Waals surface area contributed by atoms with Crippen molar-refractivity contribution < 1.29 is 13.2 Å². The third kappa shape index (κ3) is 2.45. The van der Waals surface area contributed by atoms with Crippen molar-refractivity contribution in [3.8, 4) is 0 Å². The summed E-state index contributed by atoms with van der Waals surface area (Å²) in [5.74, 6) is 0. The molecule has 5 heteroatoms. The quantitative estimate of drug-likeness (QED) is 0.684. The van der Waals surface area contributed by atoms with E-state index in [0.717, 1.165) is 12.1 Å². The van der Waals surface area contributed by atoms with Crippen LogP contribution in [-0.2, 0) is 6.18 Å². The van der Waals surface area contributed by atoms with Gasteiger partial charge < -0.3 is 0 Å². The van der Waals surface area contributed by atoms with Crippen LogP contribution in [0.2, 0.25) is 0 Å². The maximum Gasteiger partial charge on any atom is 0.416 e. The van der Waals surface area contributed by atoms with Gasteiger partial charge in [0.1, 0.15) is 5.17 Å². The largest absolute Gasteiger partial charge is 0.416 e. The highest BCUT2D eigenvalue weighted by Gasteiger charge is 2.30. The number of alkyl halides is 3. The lowest BCUT2D eigenvalue weighted by Crippen LogP contribution is -2.05. The zero-order valence-electron chi connectivity index (χ0n) is 6.32. The minimum absolute atomic E-state index is 0.0662. The molecule has 1 rings (SSSR count). The number of hydrogen-bond donors (Lipinski definition) is 1. The van der Waals surface area contributed by atoms with E-state index in [1.807, 2.05) is 0 Å². The molecule has 0 atom stereocenters. The minimum atomic E-state index is -4.39. The summed E-state index contributed by atoms with van der Waals surface area (Å²) in [5, 5.41) is 6.54. The fourth-order valence-corrected chi connectivity index (χ4v) is 0.950. The van der Waals surface area contributed by atoms with Gasteiger partial charge in [-0.1, -0.05) is 23.7 Å². The lowest BCUT2D eigenvalue weighted by molar-refractivity contribution is -0.137. The highest BCUT2D eigenvalue weighted by molar-refractivity contribution is 6.68. The topological polar surface area (TPSA) is 23.9 Å². The molecule has 0 fully saturated rings. The van der Waals surface area contributed by atoms with Crippen molar-refractivity contribution in [2.45, 2.75) is 6.18 Å². The standard InChI is InChI=1S/C8H5ClF3N/c9-7(13)5-2-1-3-6(4-5)8(10,11)12/h1-4,13H. The number of hydrogen-bond acceptors (Lipinski definition) is 1. The normalized spacial score (nSPS) is 11.4. The van der Waals surface area contributed by atoms with Crippen LogP contribution in [0.15, 0.2) is 24.3 Å². The summed E-state index contributed by atoms with van der Waals surface area (Å²) in [6.07, 6.45) is -4.39. The van der Waals surface area contributed by atoms with Gasteiger partial charge in [0.25, 0.3) is 0 Å². The van der Waals surface area contributed by atoms with Crippen molar-refractivity contribution in [2.24, 2.45) is 0 Å². The van der Waals surface area contributed by atoms with Gasteiger partial charge in [0.2, 0.25) is 0 Å². The second-order valence-corrected chi connectivity index (χ2v) is 2.77. The van der Waals surface area contributed by atoms with Gasteiger partial charge >= 0.3 is 6.18 Å². The Balaban J connectivity index is 3.13. The van der Waals surface area contributed by atoms with E-state index in [0.29, 0.717) is 0 Å². The van der Waals surface area contributed by atoms with E-state index >= 15 is 0 Å². The maximum atomic E-state index is 12.1. The second-order valence-electron chi connectivity index (χ2n) is 2.39. The molecule has 0 amide bonds. The third-order valence-electron chi connectivity index (χ3n) is 1.44. The van der Waals surface area contributed by atoms with Gasteiger partial charge in [-0.15, -0.1) is 0 Å². The Morgan fingerprint density at radius 1 is 1.31 bits per heavy atom. The molecule has 1 aromatic carbocycles. The summed E-state index contributed by atoms with van der Waals surface area (Å²) in [6, 6.07) is 4.35. The van der Waals surface area contributed by atoms with E-state index in [2.05, 4.69) is 0 Å². The second kappa shape index (κ2) is 3.38. The van der Waals surface area contributed by atoms with Crippen molar-refractivity contribution in [3.05, 3.63) is 35.4 Å².